The highest BCUT2D eigenvalue weighted by molar-refractivity contribution is 5.89. The average Bonchev–Trinajstić information content (AvgIpc) is 2.82. The summed E-state index contributed by atoms with van der Waals surface area (Å²) in [5.74, 6) is -0.551. The van der Waals surface area contributed by atoms with Gasteiger partial charge in [-0.1, -0.05) is 26.8 Å². The summed E-state index contributed by atoms with van der Waals surface area (Å²) < 4.78 is 5.92. The lowest BCUT2D eigenvalue weighted by molar-refractivity contribution is -0.112. The summed E-state index contributed by atoms with van der Waals surface area (Å²) in [6.07, 6.45) is 4.27. The van der Waals surface area contributed by atoms with Gasteiger partial charge in [0.2, 0.25) is 0 Å². The molecule has 2 unspecified atom stereocenters. The lowest BCUT2D eigenvalue weighted by Crippen LogP contribution is -2.50. The average molecular weight is 374 g/mol. The van der Waals surface area contributed by atoms with E-state index in [1.54, 1.807) is 0 Å². The number of carbonyl (C=O) groups excluding carboxylic acids is 1. The van der Waals surface area contributed by atoms with Crippen molar-refractivity contribution in [1.82, 2.24) is 0 Å². The van der Waals surface area contributed by atoms with Crippen molar-refractivity contribution in [2.24, 2.45) is 17.3 Å². The van der Waals surface area contributed by atoms with Crippen molar-refractivity contribution in [3.05, 3.63) is 41.5 Å². The molecular weight excluding hydrogens is 344 g/mol. The van der Waals surface area contributed by atoms with Crippen molar-refractivity contribution in [2.45, 2.75) is 58.2 Å². The summed E-state index contributed by atoms with van der Waals surface area (Å²) in [6, 6.07) is 5.96. The van der Waals surface area contributed by atoms with Gasteiger partial charge in [-0.3, -0.25) is 0 Å². The lowest BCUT2D eigenvalue weighted by atomic mass is 9.67. The Hall–Kier alpha value is -1.85. The molecule has 0 radical (unpaired) electrons. The van der Waals surface area contributed by atoms with Gasteiger partial charge in [0.05, 0.1) is 17.8 Å². The number of aliphatic hydroxyl groups excluding tert-OH is 1. The van der Waals surface area contributed by atoms with Crippen LogP contribution in [0.5, 0.6) is 5.75 Å². The Bertz CT molecular complexity index is 723. The number of hydrogen-bond donors (Lipinski definition) is 3. The van der Waals surface area contributed by atoms with Crippen LogP contribution in [0.25, 0.3) is 0 Å². The van der Waals surface area contributed by atoms with E-state index in [0.717, 1.165) is 18.4 Å². The number of aliphatic hydroxyl groups is 2. The van der Waals surface area contributed by atoms with Crippen LogP contribution >= 0.6 is 0 Å². The van der Waals surface area contributed by atoms with Gasteiger partial charge in [-0.25, -0.2) is 4.79 Å². The van der Waals surface area contributed by atoms with Crippen molar-refractivity contribution in [2.75, 3.05) is 6.61 Å². The zero-order chi connectivity index (χ0) is 19.8. The standard InChI is InChI=1S/C22H30O5/c1-14(2)22(26)11-10-21(3)9-8-15(13-23)12-18(19(21)22)27-20(25)16-4-6-17(24)7-5-16/h4-8,14,18-19,23-24,26H,9-13H2,1-3H3/t18?,19-,21?,22-/m1/s1. The summed E-state index contributed by atoms with van der Waals surface area (Å²) in [6.45, 7) is 6.10. The largest absolute Gasteiger partial charge is 0.508 e. The van der Waals surface area contributed by atoms with Crippen LogP contribution in [0.4, 0.5) is 0 Å². The van der Waals surface area contributed by atoms with Gasteiger partial charge in [-0.2, -0.15) is 0 Å². The van der Waals surface area contributed by atoms with Crippen molar-refractivity contribution in [1.29, 1.82) is 0 Å². The first kappa shape index (κ1) is 19.9. The third-order valence-corrected chi connectivity index (χ3v) is 6.64. The molecule has 1 saturated carbocycles. The summed E-state index contributed by atoms with van der Waals surface area (Å²) in [7, 11) is 0. The molecule has 0 spiro atoms. The van der Waals surface area contributed by atoms with Crippen molar-refractivity contribution < 1.29 is 24.9 Å². The van der Waals surface area contributed by atoms with Crippen LogP contribution in [0.15, 0.2) is 35.9 Å². The second kappa shape index (κ2) is 7.28. The maximum atomic E-state index is 12.7. The summed E-state index contributed by atoms with van der Waals surface area (Å²) in [5, 5.41) is 30.6. The molecule has 148 valence electrons. The Morgan fingerprint density at radius 2 is 1.93 bits per heavy atom. The summed E-state index contributed by atoms with van der Waals surface area (Å²) >= 11 is 0. The fourth-order valence-electron chi connectivity index (χ4n) is 4.93. The number of benzene rings is 1. The van der Waals surface area contributed by atoms with E-state index in [0.29, 0.717) is 18.4 Å². The maximum absolute atomic E-state index is 12.7. The maximum Gasteiger partial charge on any atom is 0.338 e. The fourth-order valence-corrected chi connectivity index (χ4v) is 4.93. The number of ether oxygens (including phenoxy) is 1. The normalized spacial score (nSPS) is 33.3. The topological polar surface area (TPSA) is 87.0 Å². The Morgan fingerprint density at radius 1 is 1.26 bits per heavy atom. The number of fused-ring (bicyclic) bond motifs is 1. The number of rotatable bonds is 4. The van der Waals surface area contributed by atoms with E-state index in [1.807, 2.05) is 19.9 Å². The second-order valence-corrected chi connectivity index (χ2v) is 8.70. The highest BCUT2D eigenvalue weighted by Gasteiger charge is 2.59. The minimum absolute atomic E-state index is 0.0369. The van der Waals surface area contributed by atoms with Crippen LogP contribution in [0.3, 0.4) is 0 Å². The van der Waals surface area contributed by atoms with Gasteiger partial charge < -0.3 is 20.1 Å². The van der Waals surface area contributed by atoms with E-state index in [1.165, 1.54) is 24.3 Å². The molecule has 0 aromatic heterocycles. The zero-order valence-corrected chi connectivity index (χ0v) is 16.3. The van der Waals surface area contributed by atoms with Gasteiger partial charge in [0, 0.05) is 12.3 Å². The molecule has 0 aliphatic heterocycles. The van der Waals surface area contributed by atoms with E-state index in [2.05, 4.69) is 6.92 Å². The summed E-state index contributed by atoms with van der Waals surface area (Å²) in [4.78, 5) is 12.7. The smallest absolute Gasteiger partial charge is 0.338 e. The molecule has 0 amide bonds. The minimum Gasteiger partial charge on any atom is -0.508 e. The number of esters is 1. The van der Waals surface area contributed by atoms with Crippen molar-refractivity contribution >= 4 is 5.97 Å². The van der Waals surface area contributed by atoms with Gasteiger partial charge in [0.1, 0.15) is 11.9 Å². The van der Waals surface area contributed by atoms with Crippen LogP contribution in [0, 0.1) is 17.3 Å². The molecule has 5 nitrogen and oxygen atoms in total. The van der Waals surface area contributed by atoms with E-state index >= 15 is 0 Å². The highest BCUT2D eigenvalue weighted by Crippen LogP contribution is 2.58. The monoisotopic (exact) mass is 374 g/mol. The number of carbonyl (C=O) groups is 1. The molecule has 3 N–H and O–H groups in total. The predicted octanol–water partition coefficient (Wildman–Crippen LogP) is 3.43. The number of aromatic hydroxyl groups is 1. The molecule has 1 aromatic rings. The van der Waals surface area contributed by atoms with Crippen LogP contribution in [-0.2, 0) is 4.74 Å². The number of allylic oxidation sites excluding steroid dienone is 1. The van der Waals surface area contributed by atoms with Gasteiger partial charge in [0.25, 0.3) is 0 Å². The van der Waals surface area contributed by atoms with Gasteiger partial charge in [0.15, 0.2) is 0 Å². The Kier molecular flexibility index (Phi) is 5.37. The zero-order valence-electron chi connectivity index (χ0n) is 16.3. The quantitative estimate of drug-likeness (QED) is 0.555. The predicted molar refractivity (Wildman–Crippen MR) is 102 cm³/mol. The summed E-state index contributed by atoms with van der Waals surface area (Å²) in [5.41, 5.74) is 0.114. The second-order valence-electron chi connectivity index (χ2n) is 8.70. The molecule has 0 bridgehead atoms. The molecule has 1 aromatic carbocycles. The molecule has 4 atom stereocenters. The fraction of sp³-hybridized carbons (Fsp3) is 0.591. The van der Waals surface area contributed by atoms with Gasteiger partial charge >= 0.3 is 5.97 Å². The molecule has 2 aliphatic rings. The minimum atomic E-state index is -0.909. The molecule has 27 heavy (non-hydrogen) atoms. The van der Waals surface area contributed by atoms with Crippen molar-refractivity contribution in [3.8, 4) is 5.75 Å². The van der Waals surface area contributed by atoms with E-state index < -0.39 is 17.7 Å². The Labute approximate surface area is 160 Å². The molecule has 3 rings (SSSR count). The van der Waals surface area contributed by atoms with Crippen LogP contribution in [-0.4, -0.2) is 39.6 Å². The molecular formula is C22H30O5. The van der Waals surface area contributed by atoms with Gasteiger partial charge in [-0.05, 0) is 60.4 Å². The molecule has 5 heteroatoms. The van der Waals surface area contributed by atoms with Gasteiger partial charge in [-0.15, -0.1) is 0 Å². The number of phenols is 1. The molecule has 2 aliphatic carbocycles. The number of hydrogen-bond acceptors (Lipinski definition) is 5. The SMILES string of the molecule is CC(C)[C@]1(O)CCC2(C)CC=C(CO)CC(OC(=O)c3ccc(O)cc3)[C@H]21. The van der Waals surface area contributed by atoms with Crippen LogP contribution in [0.2, 0.25) is 0 Å². The van der Waals surface area contributed by atoms with E-state index in [-0.39, 0.29) is 29.6 Å². The van der Waals surface area contributed by atoms with Crippen molar-refractivity contribution in [3.63, 3.8) is 0 Å². The lowest BCUT2D eigenvalue weighted by Gasteiger charge is -2.43. The highest BCUT2D eigenvalue weighted by atomic mass is 16.5. The van der Waals surface area contributed by atoms with E-state index in [9.17, 15) is 20.1 Å². The molecule has 0 saturated heterocycles. The third-order valence-electron chi connectivity index (χ3n) is 6.64. The Balaban J connectivity index is 1.94. The third kappa shape index (κ3) is 3.63. The van der Waals surface area contributed by atoms with E-state index in [4.69, 9.17) is 4.74 Å². The first-order chi connectivity index (χ1) is 12.7. The Morgan fingerprint density at radius 3 is 2.52 bits per heavy atom. The number of phenolic OH excluding ortho intramolecular Hbond substituents is 1. The molecule has 0 heterocycles. The molecule has 1 fully saturated rings. The first-order valence-electron chi connectivity index (χ1n) is 9.71. The van der Waals surface area contributed by atoms with Crippen LogP contribution in [0.1, 0.15) is 56.8 Å². The first-order valence-corrected chi connectivity index (χ1v) is 9.71. The van der Waals surface area contributed by atoms with Crippen LogP contribution < -0.4 is 0 Å².